The third kappa shape index (κ3) is 4.37. The molecule has 0 amide bonds. The summed E-state index contributed by atoms with van der Waals surface area (Å²) in [7, 11) is 1.59. The molecule has 3 aromatic heterocycles. The zero-order valence-electron chi connectivity index (χ0n) is 21.0. The van der Waals surface area contributed by atoms with E-state index in [4.69, 9.17) is 15.5 Å². The number of hydrogen-bond donors (Lipinski definition) is 2. The summed E-state index contributed by atoms with van der Waals surface area (Å²) in [6, 6.07) is 18.2. The van der Waals surface area contributed by atoms with Crippen LogP contribution < -0.4 is 21.3 Å². The molecule has 0 fully saturated rings. The lowest BCUT2D eigenvalue weighted by Gasteiger charge is -2.21. The molecule has 0 radical (unpaired) electrons. The maximum atomic E-state index is 14.2. The van der Waals surface area contributed by atoms with Gasteiger partial charge in [0.25, 0.3) is 5.56 Å². The highest BCUT2D eigenvalue weighted by Crippen LogP contribution is 2.31. The molecule has 0 bridgehead atoms. The van der Waals surface area contributed by atoms with E-state index in [9.17, 15) is 10.1 Å². The van der Waals surface area contributed by atoms with Gasteiger partial charge in [-0.05, 0) is 43.7 Å². The molecular formula is C28H24N8O2. The Balaban J connectivity index is 1.75. The zero-order valence-corrected chi connectivity index (χ0v) is 21.0. The van der Waals surface area contributed by atoms with Crippen molar-refractivity contribution in [2.45, 2.75) is 19.9 Å². The minimum Gasteiger partial charge on any atom is -0.495 e. The Morgan fingerprint density at radius 1 is 1.08 bits per heavy atom. The highest BCUT2D eigenvalue weighted by atomic mass is 16.5. The normalized spacial score (nSPS) is 11.6. The van der Waals surface area contributed by atoms with E-state index in [0.29, 0.717) is 33.7 Å². The number of nitriles is 1. The smallest absolute Gasteiger partial charge is 0.266 e. The van der Waals surface area contributed by atoms with Crippen LogP contribution in [-0.4, -0.2) is 31.6 Å². The van der Waals surface area contributed by atoms with Crippen LogP contribution in [0.2, 0.25) is 0 Å². The number of aromatic nitrogens is 5. The number of nitrogens with one attached hydrogen (secondary N) is 1. The number of fused-ring (bicyclic) bond motifs is 1. The number of pyridine rings is 1. The Morgan fingerprint density at radius 2 is 1.87 bits per heavy atom. The molecule has 3 N–H and O–H groups in total. The Labute approximate surface area is 218 Å². The number of nitrogens with two attached hydrogens (primary N) is 1. The molecule has 2 aromatic carbocycles. The van der Waals surface area contributed by atoms with Gasteiger partial charge in [-0.3, -0.25) is 14.3 Å². The van der Waals surface area contributed by atoms with Gasteiger partial charge in [0.2, 0.25) is 5.95 Å². The monoisotopic (exact) mass is 504 g/mol. The molecule has 0 saturated heterocycles. The highest BCUT2D eigenvalue weighted by Gasteiger charge is 2.22. The van der Waals surface area contributed by atoms with Gasteiger partial charge in [-0.2, -0.15) is 10.2 Å². The van der Waals surface area contributed by atoms with E-state index in [2.05, 4.69) is 26.3 Å². The molecule has 1 atom stereocenters. The predicted octanol–water partition coefficient (Wildman–Crippen LogP) is 4.18. The summed E-state index contributed by atoms with van der Waals surface area (Å²) in [6.45, 7) is 3.70. The van der Waals surface area contributed by atoms with Gasteiger partial charge in [-0.15, -0.1) is 0 Å². The topological polar surface area (TPSA) is 145 Å². The summed E-state index contributed by atoms with van der Waals surface area (Å²) in [5, 5.41) is 13.1. The second kappa shape index (κ2) is 9.99. The molecule has 0 saturated carbocycles. The van der Waals surface area contributed by atoms with Crippen LogP contribution in [0.5, 0.6) is 5.75 Å². The Bertz CT molecular complexity index is 1760. The van der Waals surface area contributed by atoms with Crippen LogP contribution in [0.15, 0.2) is 71.8 Å². The van der Waals surface area contributed by atoms with Crippen molar-refractivity contribution in [2.24, 2.45) is 0 Å². The fourth-order valence-corrected chi connectivity index (χ4v) is 4.33. The number of ether oxygens (including phenoxy) is 1. The average molecular weight is 505 g/mol. The summed E-state index contributed by atoms with van der Waals surface area (Å²) < 4.78 is 7.03. The van der Waals surface area contributed by atoms with Gasteiger partial charge in [0.15, 0.2) is 0 Å². The van der Waals surface area contributed by atoms with Crippen LogP contribution in [0, 0.1) is 18.3 Å². The van der Waals surface area contributed by atoms with Crippen molar-refractivity contribution in [3.63, 3.8) is 0 Å². The van der Waals surface area contributed by atoms with Crippen LogP contribution in [-0.2, 0) is 0 Å². The molecule has 10 nitrogen and oxygen atoms in total. The first-order valence-electron chi connectivity index (χ1n) is 11.8. The molecule has 38 heavy (non-hydrogen) atoms. The van der Waals surface area contributed by atoms with Gasteiger partial charge in [0, 0.05) is 11.8 Å². The van der Waals surface area contributed by atoms with Crippen molar-refractivity contribution in [2.75, 3.05) is 18.2 Å². The standard InChI is InChI=1S/C28H24N8O2/c1-16-23(38-3)12-18(14-31-16)21-10-7-11-22-24(21)27(37)36(20-8-5-4-6-9-20)26(34-22)17(2)33-25-19(13-29)15-32-28(30)35-25/h4-12,14-15,17H,1-3H3,(H3,30,32,33,35). The molecule has 188 valence electrons. The van der Waals surface area contributed by atoms with Crippen LogP contribution in [0.25, 0.3) is 27.7 Å². The van der Waals surface area contributed by atoms with E-state index < -0.39 is 6.04 Å². The molecular weight excluding hydrogens is 480 g/mol. The maximum Gasteiger partial charge on any atom is 0.266 e. The number of anilines is 2. The number of nitrogen functional groups attached to an aromatic ring is 1. The first-order chi connectivity index (χ1) is 18.4. The van der Waals surface area contributed by atoms with Gasteiger partial charge >= 0.3 is 0 Å². The molecule has 10 heteroatoms. The Kier molecular flexibility index (Phi) is 6.41. The van der Waals surface area contributed by atoms with E-state index in [0.717, 1.165) is 11.3 Å². The first-order valence-corrected chi connectivity index (χ1v) is 11.8. The lowest BCUT2D eigenvalue weighted by Crippen LogP contribution is -2.28. The minimum absolute atomic E-state index is 0.0254. The van der Waals surface area contributed by atoms with Crippen molar-refractivity contribution < 1.29 is 4.74 Å². The third-order valence-corrected chi connectivity index (χ3v) is 6.18. The van der Waals surface area contributed by atoms with Gasteiger partial charge in [0.05, 0.1) is 41.6 Å². The van der Waals surface area contributed by atoms with E-state index in [-0.39, 0.29) is 22.9 Å². The summed E-state index contributed by atoms with van der Waals surface area (Å²) in [5.41, 5.74) is 9.09. The number of methoxy groups -OCH3 is 1. The summed E-state index contributed by atoms with van der Waals surface area (Å²) in [5.74, 6) is 1.35. The molecule has 0 aliphatic heterocycles. The fraction of sp³-hybridized carbons (Fsp3) is 0.143. The summed E-state index contributed by atoms with van der Waals surface area (Å²) in [6.07, 6.45) is 3.07. The highest BCUT2D eigenvalue weighted by molar-refractivity contribution is 5.94. The first kappa shape index (κ1) is 24.4. The predicted molar refractivity (Wildman–Crippen MR) is 145 cm³/mol. The van der Waals surface area contributed by atoms with E-state index in [1.807, 2.05) is 62.4 Å². The number of hydrogen-bond acceptors (Lipinski definition) is 9. The van der Waals surface area contributed by atoms with Gasteiger partial charge in [-0.25, -0.2) is 9.97 Å². The van der Waals surface area contributed by atoms with Crippen LogP contribution >= 0.6 is 0 Å². The Hall–Kier alpha value is -5.30. The second-order valence-electron chi connectivity index (χ2n) is 8.63. The molecule has 1 unspecified atom stereocenters. The van der Waals surface area contributed by atoms with Crippen LogP contribution in [0.3, 0.4) is 0 Å². The van der Waals surface area contributed by atoms with E-state index in [1.54, 1.807) is 23.9 Å². The lowest BCUT2D eigenvalue weighted by atomic mass is 10.0. The molecule has 0 spiro atoms. The molecule has 0 aliphatic carbocycles. The molecule has 3 heterocycles. The zero-order chi connectivity index (χ0) is 26.8. The third-order valence-electron chi connectivity index (χ3n) is 6.18. The number of benzene rings is 2. The average Bonchev–Trinajstić information content (AvgIpc) is 2.93. The van der Waals surface area contributed by atoms with Gasteiger partial charge in [0.1, 0.15) is 29.0 Å². The van der Waals surface area contributed by atoms with Crippen LogP contribution in [0.4, 0.5) is 11.8 Å². The van der Waals surface area contributed by atoms with Gasteiger partial charge in [-0.1, -0.05) is 30.3 Å². The quantitative estimate of drug-likeness (QED) is 0.348. The van der Waals surface area contributed by atoms with Crippen molar-refractivity contribution in [1.82, 2.24) is 24.5 Å². The van der Waals surface area contributed by atoms with E-state index >= 15 is 0 Å². The van der Waals surface area contributed by atoms with Crippen molar-refractivity contribution in [3.05, 3.63) is 94.4 Å². The number of rotatable bonds is 6. The molecule has 5 rings (SSSR count). The van der Waals surface area contributed by atoms with Crippen molar-refractivity contribution >= 4 is 22.7 Å². The summed E-state index contributed by atoms with van der Waals surface area (Å²) >= 11 is 0. The second-order valence-corrected chi connectivity index (χ2v) is 8.63. The molecule has 0 aliphatic rings. The van der Waals surface area contributed by atoms with Gasteiger partial charge < -0.3 is 15.8 Å². The van der Waals surface area contributed by atoms with Crippen molar-refractivity contribution in [3.8, 4) is 28.6 Å². The number of para-hydroxylation sites is 1. The number of aryl methyl sites for hydroxylation is 1. The summed E-state index contributed by atoms with van der Waals surface area (Å²) in [4.78, 5) is 31.7. The minimum atomic E-state index is -0.529. The largest absolute Gasteiger partial charge is 0.495 e. The SMILES string of the molecule is COc1cc(-c2cccc3nc(C(C)Nc4nc(N)ncc4C#N)n(-c4ccccc4)c(=O)c23)cnc1C. The fourth-order valence-electron chi connectivity index (χ4n) is 4.33. The number of nitrogens with zero attached hydrogens (tertiary/aromatic N) is 6. The lowest BCUT2D eigenvalue weighted by molar-refractivity contribution is 0.409. The van der Waals surface area contributed by atoms with Crippen molar-refractivity contribution in [1.29, 1.82) is 5.26 Å². The molecule has 5 aromatic rings. The van der Waals surface area contributed by atoms with E-state index in [1.165, 1.54) is 6.20 Å². The Morgan fingerprint density at radius 3 is 2.61 bits per heavy atom. The maximum absolute atomic E-state index is 14.2. The van der Waals surface area contributed by atoms with Crippen LogP contribution in [0.1, 0.15) is 30.0 Å².